The number of hydrogen-bond donors (Lipinski definition) is 0. The van der Waals surface area contributed by atoms with Gasteiger partial charge >= 0.3 is 0 Å². The minimum atomic E-state index is 0. The van der Waals surface area contributed by atoms with E-state index >= 15 is 0 Å². The number of rotatable bonds is 2. The molecule has 2 aliphatic rings. The maximum Gasteiger partial charge on any atom is 0.187 e. The first-order valence-corrected chi connectivity index (χ1v) is 4.16. The van der Waals surface area contributed by atoms with E-state index in [0.29, 0.717) is 12.1 Å². The van der Waals surface area contributed by atoms with Crippen molar-refractivity contribution < 1.29 is 24.6 Å². The van der Waals surface area contributed by atoms with E-state index in [1.807, 2.05) is 0 Å². The van der Waals surface area contributed by atoms with Crippen LogP contribution in [0.3, 0.4) is 0 Å². The van der Waals surface area contributed by atoms with Crippen LogP contribution in [-0.2, 0) is 21.1 Å². The van der Waals surface area contributed by atoms with Crippen molar-refractivity contribution in [2.24, 2.45) is 0 Å². The summed E-state index contributed by atoms with van der Waals surface area (Å²) in [6.45, 7) is 0. The molecule has 4 heteroatoms. The van der Waals surface area contributed by atoms with Gasteiger partial charge in [0.05, 0.1) is 0 Å². The van der Waals surface area contributed by atoms with Crippen molar-refractivity contribution in [3.63, 3.8) is 0 Å². The zero-order chi connectivity index (χ0) is 6.48. The summed E-state index contributed by atoms with van der Waals surface area (Å²) in [5.41, 5.74) is 0. The quantitative estimate of drug-likeness (QED) is 0.662. The van der Waals surface area contributed by atoms with Crippen LogP contribution < -0.4 is 0 Å². The number of quaternary nitrogens is 1. The fraction of sp³-hybridized carbons (Fsp3) is 1.00. The Morgan fingerprint density at radius 3 is 1.40 bits per heavy atom. The summed E-state index contributed by atoms with van der Waals surface area (Å²) in [5.74, 6) is 0. The molecule has 2 aliphatic carbocycles. The van der Waals surface area contributed by atoms with E-state index in [1.54, 1.807) is 0 Å². The molecule has 2 rings (SSSR count). The van der Waals surface area contributed by atoms with Gasteiger partial charge in [-0.1, -0.05) is 0 Å². The number of nitrogens with zero attached hydrogens (tertiary/aromatic N) is 1. The van der Waals surface area contributed by atoms with Gasteiger partial charge < -0.3 is 0 Å². The molecule has 0 unspecified atom stereocenters. The van der Waals surface area contributed by atoms with Gasteiger partial charge in [-0.3, -0.25) is 0 Å². The summed E-state index contributed by atoms with van der Waals surface area (Å²) in [7, 11) is 0. The molecule has 0 heterocycles. The molecular weight excluding hydrogens is 352 g/mol. The van der Waals surface area contributed by atoms with Gasteiger partial charge in [0.25, 0.3) is 0 Å². The Hall–Kier alpha value is 1.23. The number of hydrogen-bond acceptors (Lipinski definition) is 0. The van der Waals surface area contributed by atoms with Crippen molar-refractivity contribution in [2.45, 2.75) is 37.8 Å². The van der Waals surface area contributed by atoms with Gasteiger partial charge in [-0.2, -0.15) is 0 Å². The van der Waals surface area contributed by atoms with Gasteiger partial charge in [-0.25, -0.2) is 0 Å². The summed E-state index contributed by atoms with van der Waals surface area (Å²) in [6.07, 6.45) is 4.90. The van der Waals surface area contributed by atoms with E-state index in [2.05, 4.69) is 0 Å². The molecule has 0 radical (unpaired) electrons. The van der Waals surface area contributed by atoms with Crippen LogP contribution in [0.4, 0.5) is 0 Å². The Bertz CT molecular complexity index is 118. The molecule has 0 N–H and O–H groups in total. The van der Waals surface area contributed by atoms with E-state index in [9.17, 15) is 0 Å². The van der Waals surface area contributed by atoms with Gasteiger partial charge in [0.1, 0.15) is 12.1 Å². The first-order valence-electron chi connectivity index (χ1n) is 3.49. The van der Waals surface area contributed by atoms with Crippen LogP contribution >= 0.6 is 23.6 Å². The van der Waals surface area contributed by atoms with Crippen molar-refractivity contribution in [3.05, 3.63) is 0 Å². The average Bonchev–Trinajstić information content (AvgIpc) is 2.62. The molecule has 10 heavy (non-hydrogen) atoms. The topological polar surface area (TPSA) is 0 Å². The first-order chi connectivity index (χ1) is 4.21. The van der Waals surface area contributed by atoms with Gasteiger partial charge in [0.15, 0.2) is 23.6 Å². The van der Waals surface area contributed by atoms with Gasteiger partial charge in [-0.05, 0) is 0 Å². The minimum absolute atomic E-state index is 0. The third kappa shape index (κ3) is 1.69. The van der Waals surface area contributed by atoms with Crippen LogP contribution in [0.2, 0.25) is 0 Å². The monoisotopic (exact) mass is 361 g/mol. The molecule has 1 nitrogen and oxygen atoms in total. The standard InChI is InChI=1S/C6H10Cl2N.Pt/c7-9(8,5-1-2-5)6-3-4-6;/h5-6H,1-4H2;/q+1;. The summed E-state index contributed by atoms with van der Waals surface area (Å²) in [4.78, 5) is 0. The molecule has 0 aromatic rings. The molecule has 0 aliphatic heterocycles. The fourth-order valence-corrected chi connectivity index (χ4v) is 1.92. The van der Waals surface area contributed by atoms with Gasteiger partial charge in [-0.15, -0.1) is 3.52 Å². The molecule has 0 spiro atoms. The van der Waals surface area contributed by atoms with E-state index in [-0.39, 0.29) is 24.6 Å². The summed E-state index contributed by atoms with van der Waals surface area (Å²) < 4.78 is 0.278. The predicted octanol–water partition coefficient (Wildman–Crippen LogP) is 2.43. The third-order valence-corrected chi connectivity index (χ3v) is 3.17. The third-order valence-electron chi connectivity index (χ3n) is 2.07. The molecule has 0 atom stereocenters. The zero-order valence-corrected chi connectivity index (χ0v) is 9.29. The van der Waals surface area contributed by atoms with Crippen molar-refractivity contribution in [2.75, 3.05) is 0 Å². The summed E-state index contributed by atoms with van der Waals surface area (Å²) in [5, 5.41) is 0. The fourth-order valence-electron chi connectivity index (χ4n) is 1.14. The average molecular weight is 362 g/mol. The second-order valence-electron chi connectivity index (χ2n) is 3.07. The Morgan fingerprint density at radius 1 is 0.900 bits per heavy atom. The van der Waals surface area contributed by atoms with Crippen molar-refractivity contribution in [1.82, 2.24) is 0 Å². The number of halogens is 2. The van der Waals surface area contributed by atoms with Crippen LogP contribution in [0.5, 0.6) is 0 Å². The molecule has 0 saturated heterocycles. The van der Waals surface area contributed by atoms with Gasteiger partial charge in [0, 0.05) is 46.7 Å². The molecule has 0 aromatic heterocycles. The zero-order valence-electron chi connectivity index (χ0n) is 5.50. The Kier molecular flexibility index (Phi) is 2.73. The Morgan fingerprint density at radius 2 is 1.20 bits per heavy atom. The second-order valence-corrected chi connectivity index (χ2v) is 4.36. The minimum Gasteiger partial charge on any atom is -0.118 e. The Labute approximate surface area is 85.7 Å². The van der Waals surface area contributed by atoms with Crippen molar-refractivity contribution in [1.29, 1.82) is 0 Å². The maximum atomic E-state index is 6.03. The molecule has 0 aromatic carbocycles. The molecule has 0 bridgehead atoms. The molecule has 62 valence electrons. The van der Waals surface area contributed by atoms with E-state index < -0.39 is 0 Å². The molecule has 2 fully saturated rings. The smallest absolute Gasteiger partial charge is 0.118 e. The predicted molar refractivity (Wildman–Crippen MR) is 38.0 cm³/mol. The van der Waals surface area contributed by atoms with Crippen LogP contribution in [0.1, 0.15) is 25.7 Å². The van der Waals surface area contributed by atoms with Crippen LogP contribution in [0.25, 0.3) is 0 Å². The van der Waals surface area contributed by atoms with Crippen molar-refractivity contribution in [3.8, 4) is 0 Å². The maximum absolute atomic E-state index is 6.03. The first kappa shape index (κ1) is 9.32. The van der Waals surface area contributed by atoms with Crippen LogP contribution in [0.15, 0.2) is 0 Å². The normalized spacial score (nSPS) is 25.8. The van der Waals surface area contributed by atoms with Crippen LogP contribution in [-0.4, -0.2) is 15.6 Å². The van der Waals surface area contributed by atoms with Gasteiger partial charge in [0.2, 0.25) is 0 Å². The molecule has 0 amide bonds. The van der Waals surface area contributed by atoms with E-state index in [0.717, 1.165) is 0 Å². The van der Waals surface area contributed by atoms with Crippen molar-refractivity contribution >= 4 is 23.6 Å². The largest absolute Gasteiger partial charge is 0.187 e. The van der Waals surface area contributed by atoms with E-state index in [4.69, 9.17) is 23.6 Å². The summed E-state index contributed by atoms with van der Waals surface area (Å²) >= 11 is 12.1. The molecular formula is C6H10Cl2NPt+. The summed E-state index contributed by atoms with van der Waals surface area (Å²) in [6, 6.07) is 1.14. The SMILES string of the molecule is Cl[N+](Cl)(C1CC1)C1CC1.[Pt]. The van der Waals surface area contributed by atoms with Crippen LogP contribution in [0, 0.1) is 0 Å². The second kappa shape index (κ2) is 2.93. The van der Waals surface area contributed by atoms with E-state index in [1.165, 1.54) is 25.7 Å². The Balaban J connectivity index is 0.000000500. The molecule has 2 saturated carbocycles.